The van der Waals surface area contributed by atoms with E-state index >= 15 is 0 Å². The lowest BCUT2D eigenvalue weighted by molar-refractivity contribution is 0.171. The van der Waals surface area contributed by atoms with Crippen LogP contribution in [0.25, 0.3) is 0 Å². The minimum Gasteiger partial charge on any atom is -0.281 e. The van der Waals surface area contributed by atoms with E-state index in [0.717, 1.165) is 31.8 Å². The zero-order valence-electron chi connectivity index (χ0n) is 10.1. The molecule has 1 aromatic carbocycles. The van der Waals surface area contributed by atoms with Gasteiger partial charge in [0, 0.05) is 13.1 Å². The molecule has 0 spiro atoms. The molecule has 2 aliphatic rings. The molecule has 1 saturated heterocycles. The molecular weight excluding hydrogens is 208 g/mol. The first-order valence-electron chi connectivity index (χ1n) is 6.53. The Bertz CT molecular complexity index is 434. The van der Waals surface area contributed by atoms with E-state index in [2.05, 4.69) is 35.2 Å². The van der Waals surface area contributed by atoms with Crippen molar-refractivity contribution in [2.24, 2.45) is 5.92 Å². The molecular formula is C15H18N2. The predicted octanol–water partition coefficient (Wildman–Crippen LogP) is 2.95. The van der Waals surface area contributed by atoms with E-state index < -0.39 is 0 Å². The highest BCUT2D eigenvalue weighted by Crippen LogP contribution is 2.44. The van der Waals surface area contributed by atoms with E-state index in [1.165, 1.54) is 18.4 Å². The van der Waals surface area contributed by atoms with Crippen LogP contribution in [0.2, 0.25) is 0 Å². The van der Waals surface area contributed by atoms with Gasteiger partial charge in [-0.1, -0.05) is 36.8 Å². The molecule has 2 fully saturated rings. The van der Waals surface area contributed by atoms with Crippen LogP contribution in [-0.4, -0.2) is 17.0 Å². The van der Waals surface area contributed by atoms with Crippen molar-refractivity contribution in [3.8, 4) is 6.07 Å². The Morgan fingerprint density at radius 1 is 1.35 bits per heavy atom. The lowest BCUT2D eigenvalue weighted by Gasteiger charge is -2.33. The molecule has 2 atom stereocenters. The molecule has 1 heterocycles. The van der Waals surface area contributed by atoms with Gasteiger partial charge in [0.15, 0.2) is 0 Å². The van der Waals surface area contributed by atoms with Crippen molar-refractivity contribution in [2.75, 3.05) is 6.54 Å². The van der Waals surface area contributed by atoms with Crippen molar-refractivity contribution in [3.05, 3.63) is 35.9 Å². The quantitative estimate of drug-likeness (QED) is 0.775. The summed E-state index contributed by atoms with van der Waals surface area (Å²) in [7, 11) is 0. The third-order valence-electron chi connectivity index (χ3n) is 4.34. The standard InChI is InChI=1S/C15H18N2/c16-12-15-8-4-7-14(9-15)11-17(15)10-13-5-2-1-3-6-13/h1-3,5-6,14H,4,7-11H2/t14-,15+/m1/s1. The van der Waals surface area contributed by atoms with Gasteiger partial charge < -0.3 is 0 Å². The molecule has 3 rings (SSSR count). The van der Waals surface area contributed by atoms with Crippen molar-refractivity contribution in [2.45, 2.75) is 37.8 Å². The van der Waals surface area contributed by atoms with Gasteiger partial charge in [0.05, 0.1) is 6.07 Å². The normalized spacial score (nSPS) is 32.3. The van der Waals surface area contributed by atoms with Gasteiger partial charge in [0.25, 0.3) is 0 Å². The van der Waals surface area contributed by atoms with E-state index in [1.807, 2.05) is 6.07 Å². The number of benzene rings is 1. The number of fused-ring (bicyclic) bond motifs is 2. The molecule has 0 unspecified atom stereocenters. The Morgan fingerprint density at radius 2 is 2.18 bits per heavy atom. The summed E-state index contributed by atoms with van der Waals surface area (Å²) in [4.78, 5) is 2.42. The molecule has 2 nitrogen and oxygen atoms in total. The van der Waals surface area contributed by atoms with Crippen LogP contribution in [0.15, 0.2) is 30.3 Å². The maximum absolute atomic E-state index is 9.52. The Labute approximate surface area is 103 Å². The van der Waals surface area contributed by atoms with E-state index in [0.29, 0.717) is 0 Å². The van der Waals surface area contributed by atoms with Crippen LogP contribution < -0.4 is 0 Å². The van der Waals surface area contributed by atoms with E-state index in [9.17, 15) is 5.26 Å². The molecule has 1 saturated carbocycles. The third-order valence-corrected chi connectivity index (χ3v) is 4.34. The van der Waals surface area contributed by atoms with Crippen LogP contribution in [-0.2, 0) is 6.54 Å². The van der Waals surface area contributed by atoms with Crippen LogP contribution >= 0.6 is 0 Å². The van der Waals surface area contributed by atoms with Gasteiger partial charge in [-0.15, -0.1) is 0 Å². The second-order valence-corrected chi connectivity index (χ2v) is 5.47. The van der Waals surface area contributed by atoms with Crippen molar-refractivity contribution in [1.82, 2.24) is 4.90 Å². The lowest BCUT2D eigenvalue weighted by atomic mass is 9.81. The lowest BCUT2D eigenvalue weighted by Crippen LogP contribution is -2.42. The first kappa shape index (κ1) is 10.8. The van der Waals surface area contributed by atoms with Crippen LogP contribution in [0.4, 0.5) is 0 Å². The molecule has 1 aliphatic heterocycles. The fourth-order valence-electron chi connectivity index (χ4n) is 3.49. The largest absolute Gasteiger partial charge is 0.281 e. The number of rotatable bonds is 2. The average molecular weight is 226 g/mol. The summed E-state index contributed by atoms with van der Waals surface area (Å²) in [6.45, 7) is 2.05. The number of likely N-dealkylation sites (tertiary alicyclic amines) is 1. The van der Waals surface area contributed by atoms with Gasteiger partial charge in [-0.3, -0.25) is 4.90 Å². The van der Waals surface area contributed by atoms with Crippen LogP contribution in [0.1, 0.15) is 31.2 Å². The summed E-state index contributed by atoms with van der Waals surface area (Å²) in [5, 5.41) is 9.52. The summed E-state index contributed by atoms with van der Waals surface area (Å²) in [5.41, 5.74) is 1.17. The predicted molar refractivity (Wildman–Crippen MR) is 67.2 cm³/mol. The molecule has 0 aromatic heterocycles. The Balaban J connectivity index is 1.82. The molecule has 88 valence electrons. The van der Waals surface area contributed by atoms with Crippen molar-refractivity contribution >= 4 is 0 Å². The topological polar surface area (TPSA) is 27.0 Å². The Hall–Kier alpha value is -1.33. The first-order chi connectivity index (χ1) is 8.32. The van der Waals surface area contributed by atoms with E-state index in [1.54, 1.807) is 0 Å². The number of nitriles is 1. The van der Waals surface area contributed by atoms with Crippen molar-refractivity contribution < 1.29 is 0 Å². The highest BCUT2D eigenvalue weighted by molar-refractivity contribution is 5.20. The number of hydrogen-bond acceptors (Lipinski definition) is 2. The van der Waals surface area contributed by atoms with Gasteiger partial charge >= 0.3 is 0 Å². The highest BCUT2D eigenvalue weighted by atomic mass is 15.2. The highest BCUT2D eigenvalue weighted by Gasteiger charge is 2.47. The zero-order valence-corrected chi connectivity index (χ0v) is 10.1. The second-order valence-electron chi connectivity index (χ2n) is 5.47. The van der Waals surface area contributed by atoms with Crippen molar-refractivity contribution in [3.63, 3.8) is 0 Å². The summed E-state index contributed by atoms with van der Waals surface area (Å²) in [6, 6.07) is 13.1. The van der Waals surface area contributed by atoms with Crippen LogP contribution in [0, 0.1) is 17.2 Å². The van der Waals surface area contributed by atoms with Crippen LogP contribution in [0.5, 0.6) is 0 Å². The summed E-state index contributed by atoms with van der Waals surface area (Å²) in [6.07, 6.45) is 4.70. The molecule has 0 radical (unpaired) electrons. The summed E-state index contributed by atoms with van der Waals surface area (Å²) < 4.78 is 0. The molecule has 17 heavy (non-hydrogen) atoms. The molecule has 0 amide bonds. The summed E-state index contributed by atoms with van der Waals surface area (Å²) >= 11 is 0. The number of nitrogens with zero attached hydrogens (tertiary/aromatic N) is 2. The molecule has 1 aliphatic carbocycles. The molecule has 2 bridgehead atoms. The molecule has 2 heteroatoms. The minimum absolute atomic E-state index is 0.154. The molecule has 0 N–H and O–H groups in total. The van der Waals surface area contributed by atoms with E-state index in [4.69, 9.17) is 0 Å². The monoisotopic (exact) mass is 226 g/mol. The van der Waals surface area contributed by atoms with Gasteiger partial charge in [-0.05, 0) is 30.7 Å². The smallest absolute Gasteiger partial charge is 0.109 e. The van der Waals surface area contributed by atoms with E-state index in [-0.39, 0.29) is 5.54 Å². The average Bonchev–Trinajstić information content (AvgIpc) is 2.62. The maximum atomic E-state index is 9.52. The zero-order chi connectivity index (χ0) is 11.7. The Morgan fingerprint density at radius 3 is 2.94 bits per heavy atom. The fourth-order valence-corrected chi connectivity index (χ4v) is 3.49. The van der Waals surface area contributed by atoms with Gasteiger partial charge in [0.1, 0.15) is 5.54 Å². The Kier molecular flexibility index (Phi) is 2.64. The van der Waals surface area contributed by atoms with Gasteiger partial charge in [0.2, 0.25) is 0 Å². The maximum Gasteiger partial charge on any atom is 0.109 e. The number of hydrogen-bond donors (Lipinski definition) is 0. The second kappa shape index (κ2) is 4.16. The van der Waals surface area contributed by atoms with Crippen LogP contribution in [0.3, 0.4) is 0 Å². The SMILES string of the molecule is N#C[C@@]12CCC[C@@H](CN1Cc1ccccc1)C2. The minimum atomic E-state index is -0.154. The third kappa shape index (κ3) is 1.85. The van der Waals surface area contributed by atoms with Crippen molar-refractivity contribution in [1.29, 1.82) is 5.26 Å². The first-order valence-corrected chi connectivity index (χ1v) is 6.53. The molecule has 1 aromatic rings. The van der Waals surface area contributed by atoms with Gasteiger partial charge in [-0.25, -0.2) is 0 Å². The fraction of sp³-hybridized carbons (Fsp3) is 0.533. The van der Waals surface area contributed by atoms with Gasteiger partial charge in [-0.2, -0.15) is 5.26 Å². The summed E-state index contributed by atoms with van der Waals surface area (Å²) in [5.74, 6) is 0.757.